The number of nitrogens with two attached hydrogens (primary N) is 1. The Morgan fingerprint density at radius 1 is 0.826 bits per heavy atom. The molecular formula is C18H15N5. The van der Waals surface area contributed by atoms with Gasteiger partial charge in [-0.2, -0.15) is 5.26 Å². The Balaban J connectivity index is 2.13. The predicted octanol–water partition coefficient (Wildman–Crippen LogP) is 3.12. The van der Waals surface area contributed by atoms with Gasteiger partial charge in [0.1, 0.15) is 0 Å². The normalized spacial score (nSPS) is 11.7. The molecule has 0 radical (unpaired) electrons. The Hall–Kier alpha value is -3.10. The first-order valence-electron chi connectivity index (χ1n) is 7.27. The summed E-state index contributed by atoms with van der Waals surface area (Å²) in [7, 11) is 0. The summed E-state index contributed by atoms with van der Waals surface area (Å²) in [4.78, 5) is 13.5. The van der Waals surface area contributed by atoms with E-state index in [1.54, 1.807) is 0 Å². The largest absolute Gasteiger partial charge is 0.320 e. The molecule has 0 saturated heterocycles. The minimum atomic E-state index is -0.534. The molecule has 0 amide bonds. The number of hydrogen-bond acceptors (Lipinski definition) is 5. The van der Waals surface area contributed by atoms with Gasteiger partial charge in [0.25, 0.3) is 0 Å². The van der Waals surface area contributed by atoms with E-state index in [1.165, 1.54) is 0 Å². The monoisotopic (exact) mass is 301 g/mol. The Kier molecular flexibility index (Phi) is 4.37. The Bertz CT molecular complexity index is 767. The highest BCUT2D eigenvalue weighted by Crippen LogP contribution is 2.22. The van der Waals surface area contributed by atoms with Crippen LogP contribution in [0, 0.1) is 11.3 Å². The molecule has 3 aromatic rings. The van der Waals surface area contributed by atoms with E-state index in [0.29, 0.717) is 17.5 Å². The molecule has 3 rings (SSSR count). The van der Waals surface area contributed by atoms with Gasteiger partial charge < -0.3 is 5.73 Å². The zero-order chi connectivity index (χ0) is 16.1. The average Bonchev–Trinajstić information content (AvgIpc) is 2.63. The molecule has 1 heterocycles. The minimum Gasteiger partial charge on any atom is -0.320 e. The molecule has 1 unspecified atom stereocenters. The first-order valence-corrected chi connectivity index (χ1v) is 7.27. The van der Waals surface area contributed by atoms with Crippen molar-refractivity contribution >= 4 is 0 Å². The van der Waals surface area contributed by atoms with Gasteiger partial charge in [0, 0.05) is 11.1 Å². The number of rotatable bonds is 4. The Morgan fingerprint density at radius 2 is 1.30 bits per heavy atom. The first-order chi connectivity index (χ1) is 11.3. The second-order valence-electron chi connectivity index (χ2n) is 5.04. The van der Waals surface area contributed by atoms with Crippen LogP contribution in [0.1, 0.15) is 18.3 Å². The highest BCUT2D eigenvalue weighted by molar-refractivity contribution is 5.60. The van der Waals surface area contributed by atoms with Gasteiger partial charge in [0.15, 0.2) is 17.5 Å². The molecule has 23 heavy (non-hydrogen) atoms. The highest BCUT2D eigenvalue weighted by atomic mass is 15.1. The van der Waals surface area contributed by atoms with Crippen molar-refractivity contribution in [3.63, 3.8) is 0 Å². The second kappa shape index (κ2) is 6.77. The van der Waals surface area contributed by atoms with Crippen molar-refractivity contribution in [3.05, 3.63) is 66.5 Å². The summed E-state index contributed by atoms with van der Waals surface area (Å²) in [5.74, 6) is 1.55. The van der Waals surface area contributed by atoms with Crippen LogP contribution in [0.5, 0.6) is 0 Å². The summed E-state index contributed by atoms with van der Waals surface area (Å²) in [6.07, 6.45) is 0.159. The van der Waals surface area contributed by atoms with E-state index in [-0.39, 0.29) is 6.42 Å². The molecular weight excluding hydrogens is 286 g/mol. The van der Waals surface area contributed by atoms with Gasteiger partial charge in [-0.3, -0.25) is 0 Å². The van der Waals surface area contributed by atoms with Crippen LogP contribution in [-0.4, -0.2) is 15.0 Å². The molecule has 0 aliphatic rings. The van der Waals surface area contributed by atoms with Gasteiger partial charge in [-0.05, 0) is 0 Å². The standard InChI is InChI=1S/C18H15N5/c19-12-11-15(20)18-22-16(13-7-3-1-4-8-13)21-17(23-18)14-9-5-2-6-10-14/h1-10,15H,11,20H2. The van der Waals surface area contributed by atoms with E-state index in [1.807, 2.05) is 60.7 Å². The maximum Gasteiger partial charge on any atom is 0.163 e. The molecule has 1 atom stereocenters. The number of benzene rings is 2. The summed E-state index contributed by atoms with van der Waals surface area (Å²) in [6.45, 7) is 0. The molecule has 2 aromatic carbocycles. The number of nitriles is 1. The van der Waals surface area contributed by atoms with Crippen molar-refractivity contribution < 1.29 is 0 Å². The summed E-state index contributed by atoms with van der Waals surface area (Å²) in [6, 6.07) is 20.8. The summed E-state index contributed by atoms with van der Waals surface area (Å²) >= 11 is 0. The molecule has 2 N–H and O–H groups in total. The highest BCUT2D eigenvalue weighted by Gasteiger charge is 2.15. The third kappa shape index (κ3) is 3.39. The number of aromatic nitrogens is 3. The summed E-state index contributed by atoms with van der Waals surface area (Å²) < 4.78 is 0. The van der Waals surface area contributed by atoms with Crippen LogP contribution < -0.4 is 5.73 Å². The van der Waals surface area contributed by atoms with Gasteiger partial charge in [-0.25, -0.2) is 15.0 Å². The van der Waals surface area contributed by atoms with Crippen LogP contribution in [0.15, 0.2) is 60.7 Å². The third-order valence-electron chi connectivity index (χ3n) is 3.36. The number of nitrogens with zero attached hydrogens (tertiary/aromatic N) is 4. The van der Waals surface area contributed by atoms with Gasteiger partial charge in [0.2, 0.25) is 0 Å². The molecule has 0 aliphatic carbocycles. The van der Waals surface area contributed by atoms with Gasteiger partial charge in [-0.1, -0.05) is 60.7 Å². The SMILES string of the molecule is N#CCC(N)c1nc(-c2ccccc2)nc(-c2ccccc2)n1. The molecule has 5 heteroatoms. The van der Waals surface area contributed by atoms with Crippen molar-refractivity contribution in [2.24, 2.45) is 5.73 Å². The van der Waals surface area contributed by atoms with Gasteiger partial charge >= 0.3 is 0 Å². The third-order valence-corrected chi connectivity index (χ3v) is 3.36. The van der Waals surface area contributed by atoms with Gasteiger partial charge in [0.05, 0.1) is 18.5 Å². The lowest BCUT2D eigenvalue weighted by molar-refractivity contribution is 0.683. The van der Waals surface area contributed by atoms with Gasteiger partial charge in [-0.15, -0.1) is 0 Å². The molecule has 0 bridgehead atoms. The fourth-order valence-electron chi connectivity index (χ4n) is 2.18. The lowest BCUT2D eigenvalue weighted by Crippen LogP contribution is -2.15. The minimum absolute atomic E-state index is 0.159. The van der Waals surface area contributed by atoms with Crippen LogP contribution in [0.4, 0.5) is 0 Å². The molecule has 1 aromatic heterocycles. The summed E-state index contributed by atoms with van der Waals surface area (Å²) in [5.41, 5.74) is 7.80. The van der Waals surface area contributed by atoms with E-state index in [2.05, 4.69) is 21.0 Å². The van der Waals surface area contributed by atoms with Crippen molar-refractivity contribution in [1.29, 1.82) is 5.26 Å². The van der Waals surface area contributed by atoms with E-state index >= 15 is 0 Å². The number of hydrogen-bond donors (Lipinski definition) is 1. The van der Waals surface area contributed by atoms with Crippen LogP contribution in [0.25, 0.3) is 22.8 Å². The fourth-order valence-corrected chi connectivity index (χ4v) is 2.18. The maximum absolute atomic E-state index is 8.87. The lowest BCUT2D eigenvalue weighted by atomic mass is 10.1. The molecule has 0 spiro atoms. The topological polar surface area (TPSA) is 88.5 Å². The van der Waals surface area contributed by atoms with E-state index in [0.717, 1.165) is 11.1 Å². The predicted molar refractivity (Wildman–Crippen MR) is 87.9 cm³/mol. The van der Waals surface area contributed by atoms with Crippen molar-refractivity contribution in [2.45, 2.75) is 12.5 Å². The second-order valence-corrected chi connectivity index (χ2v) is 5.04. The zero-order valence-electron chi connectivity index (χ0n) is 12.4. The fraction of sp³-hybridized carbons (Fsp3) is 0.111. The molecule has 0 saturated carbocycles. The van der Waals surface area contributed by atoms with Crippen LogP contribution >= 0.6 is 0 Å². The molecule has 5 nitrogen and oxygen atoms in total. The maximum atomic E-state index is 8.87. The Labute approximate surface area is 134 Å². The lowest BCUT2D eigenvalue weighted by Gasteiger charge is -2.10. The molecule has 112 valence electrons. The summed E-state index contributed by atoms with van der Waals surface area (Å²) in [5, 5.41) is 8.87. The zero-order valence-corrected chi connectivity index (χ0v) is 12.4. The quantitative estimate of drug-likeness (QED) is 0.799. The molecule has 0 fully saturated rings. The smallest absolute Gasteiger partial charge is 0.163 e. The van der Waals surface area contributed by atoms with Crippen molar-refractivity contribution in [1.82, 2.24) is 15.0 Å². The Morgan fingerprint density at radius 3 is 1.74 bits per heavy atom. The van der Waals surface area contributed by atoms with E-state index in [9.17, 15) is 0 Å². The molecule has 0 aliphatic heterocycles. The van der Waals surface area contributed by atoms with Crippen LogP contribution in [0.2, 0.25) is 0 Å². The first kappa shape index (κ1) is 14.8. The van der Waals surface area contributed by atoms with E-state index in [4.69, 9.17) is 11.0 Å². The van der Waals surface area contributed by atoms with Crippen LogP contribution in [0.3, 0.4) is 0 Å². The van der Waals surface area contributed by atoms with Crippen molar-refractivity contribution in [2.75, 3.05) is 0 Å². The van der Waals surface area contributed by atoms with Crippen molar-refractivity contribution in [3.8, 4) is 28.8 Å². The van der Waals surface area contributed by atoms with E-state index < -0.39 is 6.04 Å². The average molecular weight is 301 g/mol. The van der Waals surface area contributed by atoms with Crippen LogP contribution in [-0.2, 0) is 0 Å².